The van der Waals surface area contributed by atoms with Gasteiger partial charge < -0.3 is 19.5 Å². The lowest BCUT2D eigenvalue weighted by Gasteiger charge is -2.29. The van der Waals surface area contributed by atoms with E-state index in [1.807, 2.05) is 24.3 Å². The van der Waals surface area contributed by atoms with Gasteiger partial charge in [0.2, 0.25) is 0 Å². The summed E-state index contributed by atoms with van der Waals surface area (Å²) in [6.45, 7) is 3.50. The monoisotopic (exact) mass is 357 g/mol. The number of aromatic nitrogens is 2. The summed E-state index contributed by atoms with van der Waals surface area (Å²) in [4.78, 5) is 23.9. The van der Waals surface area contributed by atoms with Crippen LogP contribution in [-0.4, -0.2) is 34.6 Å². The van der Waals surface area contributed by atoms with E-state index in [1.54, 1.807) is 24.1 Å². The summed E-state index contributed by atoms with van der Waals surface area (Å²) in [6, 6.07) is 9.32. The Morgan fingerprint density at radius 3 is 2.42 bits per heavy atom. The van der Waals surface area contributed by atoms with E-state index < -0.39 is 17.7 Å². The van der Waals surface area contributed by atoms with Crippen molar-refractivity contribution in [2.75, 3.05) is 12.4 Å². The fourth-order valence-corrected chi connectivity index (χ4v) is 2.41. The van der Waals surface area contributed by atoms with E-state index in [0.29, 0.717) is 12.4 Å². The Morgan fingerprint density at radius 2 is 1.81 bits per heavy atom. The highest BCUT2D eigenvalue weighted by molar-refractivity contribution is 6.15. The quantitative estimate of drug-likeness (QED) is 0.497. The van der Waals surface area contributed by atoms with Crippen LogP contribution < -0.4 is 10.1 Å². The third kappa shape index (κ3) is 3.85. The molecule has 1 aliphatic heterocycles. The summed E-state index contributed by atoms with van der Waals surface area (Å²) in [5.74, 6) is -1.35. The Morgan fingerprint density at radius 1 is 1.15 bits per heavy atom. The molecule has 0 saturated carbocycles. The van der Waals surface area contributed by atoms with Crippen molar-refractivity contribution in [3.63, 3.8) is 0 Å². The minimum Gasteiger partial charge on any atom is -0.497 e. The van der Waals surface area contributed by atoms with Crippen LogP contribution in [0.15, 0.2) is 48.3 Å². The van der Waals surface area contributed by atoms with E-state index in [-0.39, 0.29) is 5.57 Å². The van der Waals surface area contributed by atoms with Gasteiger partial charge in [0, 0.05) is 26.1 Å². The maximum absolute atomic E-state index is 12.0. The Labute approximate surface area is 150 Å². The molecule has 1 fully saturated rings. The molecule has 8 heteroatoms. The molecule has 0 aliphatic carbocycles. The Balaban J connectivity index is 1.72. The molecular formula is C18H19N3O5. The van der Waals surface area contributed by atoms with E-state index in [1.165, 1.54) is 20.0 Å². The van der Waals surface area contributed by atoms with Crippen LogP contribution in [0.2, 0.25) is 0 Å². The molecule has 0 bridgehead atoms. The number of nitrogens with zero attached hydrogens (tertiary/aromatic N) is 2. The number of hydrogen-bond acceptors (Lipinski definition) is 7. The van der Waals surface area contributed by atoms with Crippen molar-refractivity contribution < 1.29 is 23.8 Å². The molecule has 8 nitrogen and oxygen atoms in total. The number of methoxy groups -OCH3 is 1. The van der Waals surface area contributed by atoms with Crippen LogP contribution in [-0.2, 0) is 25.6 Å². The van der Waals surface area contributed by atoms with E-state index in [9.17, 15) is 9.59 Å². The first-order chi connectivity index (χ1) is 12.4. The minimum atomic E-state index is -1.26. The number of cyclic esters (lactones) is 2. The van der Waals surface area contributed by atoms with Gasteiger partial charge in [-0.1, -0.05) is 12.1 Å². The average Bonchev–Trinajstić information content (AvgIpc) is 3.01. The van der Waals surface area contributed by atoms with Gasteiger partial charge >= 0.3 is 11.9 Å². The maximum atomic E-state index is 12.0. The largest absolute Gasteiger partial charge is 0.497 e. The number of benzene rings is 1. The fourth-order valence-electron chi connectivity index (χ4n) is 2.41. The van der Waals surface area contributed by atoms with Gasteiger partial charge in [-0.3, -0.25) is 0 Å². The fraction of sp³-hybridized carbons (Fsp3) is 0.278. The summed E-state index contributed by atoms with van der Waals surface area (Å²) in [7, 11) is 1.61. The standard InChI is InChI=1S/C18H19N3O5/c1-18(2)25-16(22)14(17(23)26-18)10-19-15-8-9-20-21(15)11-12-4-6-13(24-3)7-5-12/h4-10,19H,11H2,1-3H3. The predicted octanol–water partition coefficient (Wildman–Crippen LogP) is 2.07. The molecule has 0 radical (unpaired) electrons. The van der Waals surface area contributed by atoms with Crippen LogP contribution in [0, 0.1) is 0 Å². The molecule has 1 saturated heterocycles. The van der Waals surface area contributed by atoms with Crippen molar-refractivity contribution in [3.05, 3.63) is 53.9 Å². The van der Waals surface area contributed by atoms with Gasteiger partial charge in [0.05, 0.1) is 19.9 Å². The number of anilines is 1. The van der Waals surface area contributed by atoms with E-state index in [0.717, 1.165) is 11.3 Å². The summed E-state index contributed by atoms with van der Waals surface area (Å²) in [5, 5.41) is 7.15. The molecular weight excluding hydrogens is 338 g/mol. The molecule has 0 spiro atoms. The van der Waals surface area contributed by atoms with Gasteiger partial charge in [0.15, 0.2) is 5.57 Å². The van der Waals surface area contributed by atoms with Gasteiger partial charge in [-0.2, -0.15) is 5.10 Å². The number of carbonyl (C=O) groups excluding carboxylic acids is 2. The smallest absolute Gasteiger partial charge is 0.350 e. The molecule has 1 aromatic carbocycles. The Hall–Kier alpha value is -3.29. The van der Waals surface area contributed by atoms with Gasteiger partial charge in [-0.15, -0.1) is 0 Å². The molecule has 1 aromatic heterocycles. The van der Waals surface area contributed by atoms with Crippen LogP contribution in [0.1, 0.15) is 19.4 Å². The molecule has 2 aromatic rings. The van der Waals surface area contributed by atoms with Crippen LogP contribution in [0.3, 0.4) is 0 Å². The van der Waals surface area contributed by atoms with E-state index in [4.69, 9.17) is 14.2 Å². The molecule has 1 aliphatic rings. The highest BCUT2D eigenvalue weighted by atomic mass is 16.7. The first-order valence-corrected chi connectivity index (χ1v) is 7.96. The first kappa shape index (κ1) is 17.5. The van der Waals surface area contributed by atoms with Crippen LogP contribution in [0.4, 0.5) is 5.82 Å². The zero-order valence-electron chi connectivity index (χ0n) is 14.7. The van der Waals surface area contributed by atoms with Crippen molar-refractivity contribution in [3.8, 4) is 5.75 Å². The van der Waals surface area contributed by atoms with Crippen LogP contribution >= 0.6 is 0 Å². The molecule has 0 unspecified atom stereocenters. The number of ether oxygens (including phenoxy) is 3. The molecule has 0 atom stereocenters. The highest BCUT2D eigenvalue weighted by Gasteiger charge is 2.38. The van der Waals surface area contributed by atoms with Crippen molar-refractivity contribution in [1.82, 2.24) is 9.78 Å². The summed E-state index contributed by atoms with van der Waals surface area (Å²) >= 11 is 0. The molecule has 0 amide bonds. The lowest BCUT2D eigenvalue weighted by atomic mass is 10.2. The predicted molar refractivity (Wildman–Crippen MR) is 92.3 cm³/mol. The first-order valence-electron chi connectivity index (χ1n) is 7.96. The number of rotatable bonds is 5. The lowest BCUT2D eigenvalue weighted by Crippen LogP contribution is -2.42. The van der Waals surface area contributed by atoms with Gasteiger partial charge in [0.25, 0.3) is 5.79 Å². The normalized spacial score (nSPS) is 15.9. The summed E-state index contributed by atoms with van der Waals surface area (Å²) < 4.78 is 16.9. The second kappa shape index (κ2) is 6.91. The van der Waals surface area contributed by atoms with Gasteiger partial charge in [-0.25, -0.2) is 14.3 Å². The van der Waals surface area contributed by atoms with Gasteiger partial charge in [-0.05, 0) is 17.7 Å². The van der Waals surface area contributed by atoms with Gasteiger partial charge in [0.1, 0.15) is 11.6 Å². The zero-order chi connectivity index (χ0) is 18.7. The van der Waals surface area contributed by atoms with Crippen LogP contribution in [0.25, 0.3) is 0 Å². The third-order valence-corrected chi connectivity index (χ3v) is 3.69. The summed E-state index contributed by atoms with van der Waals surface area (Å²) in [5.41, 5.74) is 0.810. The second-order valence-electron chi connectivity index (χ2n) is 6.10. The Bertz CT molecular complexity index is 830. The number of nitrogens with one attached hydrogen (secondary N) is 1. The van der Waals surface area contributed by atoms with Crippen molar-refractivity contribution in [2.24, 2.45) is 0 Å². The summed E-state index contributed by atoms with van der Waals surface area (Å²) in [6.07, 6.45) is 2.88. The molecule has 3 rings (SSSR count). The third-order valence-electron chi connectivity index (χ3n) is 3.69. The van der Waals surface area contributed by atoms with Crippen LogP contribution in [0.5, 0.6) is 5.75 Å². The minimum absolute atomic E-state index is 0.207. The van der Waals surface area contributed by atoms with Crippen molar-refractivity contribution >= 4 is 17.8 Å². The maximum Gasteiger partial charge on any atom is 0.350 e. The molecule has 26 heavy (non-hydrogen) atoms. The average molecular weight is 357 g/mol. The molecule has 1 N–H and O–H groups in total. The molecule has 2 heterocycles. The van der Waals surface area contributed by atoms with Crippen molar-refractivity contribution in [2.45, 2.75) is 26.2 Å². The number of carbonyl (C=O) groups is 2. The topological polar surface area (TPSA) is 91.7 Å². The highest BCUT2D eigenvalue weighted by Crippen LogP contribution is 2.23. The number of esters is 2. The lowest BCUT2D eigenvalue weighted by molar-refractivity contribution is -0.222. The number of hydrogen-bond donors (Lipinski definition) is 1. The SMILES string of the molecule is COc1ccc(Cn2nccc2NC=C2C(=O)OC(C)(C)OC2=O)cc1. The van der Waals surface area contributed by atoms with E-state index in [2.05, 4.69) is 10.4 Å². The Kier molecular flexibility index (Phi) is 4.66. The second-order valence-corrected chi connectivity index (χ2v) is 6.10. The zero-order valence-corrected chi connectivity index (χ0v) is 14.7. The van der Waals surface area contributed by atoms with Crippen molar-refractivity contribution in [1.29, 1.82) is 0 Å². The van der Waals surface area contributed by atoms with E-state index >= 15 is 0 Å². The molecule has 136 valence electrons.